The number of benzene rings is 1. The highest BCUT2D eigenvalue weighted by molar-refractivity contribution is 5.51. The predicted molar refractivity (Wildman–Crippen MR) is 80.1 cm³/mol. The van der Waals surface area contributed by atoms with Crippen LogP contribution < -0.4 is 14.2 Å². The number of ether oxygens (including phenoxy) is 3. The molecule has 1 N–H and O–H groups in total. The first-order chi connectivity index (χ1) is 10.2. The standard InChI is InChI=1S/C17H24O4/c1-19-12-7-6-8-13(20-2)16(12)21-15-11-14(18)17(15)9-4-3-5-10-17/h6-8,14-15,18H,3-5,9-11H2,1-2H3. The van der Waals surface area contributed by atoms with Crippen molar-refractivity contribution in [3.63, 3.8) is 0 Å². The van der Waals surface area contributed by atoms with Crippen LogP contribution in [0.2, 0.25) is 0 Å². The second kappa shape index (κ2) is 5.76. The zero-order valence-corrected chi connectivity index (χ0v) is 12.8. The fourth-order valence-electron chi connectivity index (χ4n) is 3.83. The Hall–Kier alpha value is -1.42. The van der Waals surface area contributed by atoms with Crippen LogP contribution >= 0.6 is 0 Å². The Balaban J connectivity index is 1.84. The van der Waals surface area contributed by atoms with Crippen molar-refractivity contribution < 1.29 is 19.3 Å². The van der Waals surface area contributed by atoms with Crippen molar-refractivity contribution in [3.05, 3.63) is 18.2 Å². The molecule has 0 aliphatic heterocycles. The van der Waals surface area contributed by atoms with Gasteiger partial charge in [-0.15, -0.1) is 0 Å². The highest BCUT2D eigenvalue weighted by Gasteiger charge is 2.56. The molecule has 21 heavy (non-hydrogen) atoms. The SMILES string of the molecule is COc1cccc(OC)c1OC1CC(O)C12CCCCC2. The Labute approximate surface area is 126 Å². The molecule has 0 aromatic heterocycles. The quantitative estimate of drug-likeness (QED) is 0.926. The maximum atomic E-state index is 10.3. The molecule has 0 saturated heterocycles. The van der Waals surface area contributed by atoms with Crippen molar-refractivity contribution in [2.24, 2.45) is 5.41 Å². The molecule has 116 valence electrons. The lowest BCUT2D eigenvalue weighted by molar-refractivity contribution is -0.172. The van der Waals surface area contributed by atoms with Gasteiger partial charge in [-0.3, -0.25) is 0 Å². The summed E-state index contributed by atoms with van der Waals surface area (Å²) in [6.07, 6.45) is 6.24. The summed E-state index contributed by atoms with van der Waals surface area (Å²) in [5.41, 5.74) is -0.0654. The summed E-state index contributed by atoms with van der Waals surface area (Å²) in [4.78, 5) is 0. The molecule has 1 aromatic rings. The van der Waals surface area contributed by atoms with E-state index in [-0.39, 0.29) is 17.6 Å². The van der Waals surface area contributed by atoms with Gasteiger partial charge in [0.25, 0.3) is 0 Å². The normalized spacial score (nSPS) is 27.0. The maximum absolute atomic E-state index is 10.3. The molecule has 4 nitrogen and oxygen atoms in total. The molecule has 0 amide bonds. The van der Waals surface area contributed by atoms with Gasteiger partial charge < -0.3 is 19.3 Å². The number of aliphatic hydroxyl groups is 1. The van der Waals surface area contributed by atoms with E-state index in [9.17, 15) is 5.11 Å². The first kappa shape index (κ1) is 14.5. The predicted octanol–water partition coefficient (Wildman–Crippen LogP) is 3.17. The number of hydrogen-bond donors (Lipinski definition) is 1. The van der Waals surface area contributed by atoms with Gasteiger partial charge in [-0.2, -0.15) is 0 Å². The summed E-state index contributed by atoms with van der Waals surface area (Å²) in [5, 5.41) is 10.3. The van der Waals surface area contributed by atoms with Crippen molar-refractivity contribution in [2.45, 2.75) is 50.7 Å². The first-order valence-corrected chi connectivity index (χ1v) is 7.77. The van der Waals surface area contributed by atoms with Crippen LogP contribution in [0.1, 0.15) is 38.5 Å². The molecule has 0 radical (unpaired) electrons. The van der Waals surface area contributed by atoms with E-state index in [1.807, 2.05) is 18.2 Å². The van der Waals surface area contributed by atoms with Crippen LogP contribution in [0.4, 0.5) is 0 Å². The number of aliphatic hydroxyl groups excluding tert-OH is 1. The third-order valence-corrected chi connectivity index (χ3v) is 5.17. The molecule has 2 saturated carbocycles. The topological polar surface area (TPSA) is 47.9 Å². The lowest BCUT2D eigenvalue weighted by atomic mass is 9.56. The van der Waals surface area contributed by atoms with Gasteiger partial charge in [-0.25, -0.2) is 0 Å². The Morgan fingerprint density at radius 1 is 1.05 bits per heavy atom. The highest BCUT2D eigenvalue weighted by atomic mass is 16.5. The van der Waals surface area contributed by atoms with Gasteiger partial charge in [-0.05, 0) is 25.0 Å². The molecule has 0 bridgehead atoms. The minimum atomic E-state index is -0.233. The zero-order valence-electron chi connectivity index (χ0n) is 12.8. The average Bonchev–Trinajstić information content (AvgIpc) is 2.55. The maximum Gasteiger partial charge on any atom is 0.203 e. The van der Waals surface area contributed by atoms with Crippen molar-refractivity contribution >= 4 is 0 Å². The van der Waals surface area contributed by atoms with Crippen LogP contribution in [0.5, 0.6) is 17.2 Å². The minimum Gasteiger partial charge on any atom is -0.493 e. The van der Waals surface area contributed by atoms with Gasteiger partial charge in [-0.1, -0.05) is 25.3 Å². The van der Waals surface area contributed by atoms with Crippen LogP contribution in [0.25, 0.3) is 0 Å². The monoisotopic (exact) mass is 292 g/mol. The van der Waals surface area contributed by atoms with Crippen LogP contribution in [0, 0.1) is 5.41 Å². The molecule has 2 aliphatic carbocycles. The van der Waals surface area contributed by atoms with Crippen molar-refractivity contribution in [1.29, 1.82) is 0 Å². The van der Waals surface area contributed by atoms with Crippen LogP contribution in [-0.2, 0) is 0 Å². The van der Waals surface area contributed by atoms with E-state index in [2.05, 4.69) is 0 Å². The number of hydrogen-bond acceptors (Lipinski definition) is 4. The summed E-state index contributed by atoms with van der Waals surface area (Å²) in [6, 6.07) is 5.64. The van der Waals surface area contributed by atoms with Gasteiger partial charge >= 0.3 is 0 Å². The molecule has 4 heteroatoms. The lowest BCUT2D eigenvalue weighted by Gasteiger charge is -2.55. The smallest absolute Gasteiger partial charge is 0.203 e. The summed E-state index contributed by atoms with van der Waals surface area (Å²) in [6.45, 7) is 0. The second-order valence-electron chi connectivity index (χ2n) is 6.14. The fourth-order valence-corrected chi connectivity index (χ4v) is 3.83. The lowest BCUT2D eigenvalue weighted by Crippen LogP contribution is -2.60. The minimum absolute atomic E-state index is 0.0537. The van der Waals surface area contributed by atoms with Crippen molar-refractivity contribution in [3.8, 4) is 17.2 Å². The molecule has 1 aromatic carbocycles. The third kappa shape index (κ3) is 2.35. The van der Waals surface area contributed by atoms with Gasteiger partial charge in [0.2, 0.25) is 5.75 Å². The summed E-state index contributed by atoms with van der Waals surface area (Å²) in [7, 11) is 3.27. The van der Waals surface area contributed by atoms with Crippen molar-refractivity contribution in [1.82, 2.24) is 0 Å². The van der Waals surface area contributed by atoms with E-state index in [1.165, 1.54) is 19.3 Å². The number of rotatable bonds is 4. The van der Waals surface area contributed by atoms with E-state index >= 15 is 0 Å². The van der Waals surface area contributed by atoms with Gasteiger partial charge in [0.05, 0.1) is 20.3 Å². The number of para-hydroxylation sites is 1. The van der Waals surface area contributed by atoms with E-state index in [0.717, 1.165) is 12.8 Å². The zero-order chi connectivity index (χ0) is 14.9. The van der Waals surface area contributed by atoms with Crippen LogP contribution in [0.3, 0.4) is 0 Å². The van der Waals surface area contributed by atoms with E-state index < -0.39 is 0 Å². The van der Waals surface area contributed by atoms with Crippen LogP contribution in [0.15, 0.2) is 18.2 Å². The third-order valence-electron chi connectivity index (χ3n) is 5.17. The Bertz CT molecular complexity index is 471. The van der Waals surface area contributed by atoms with E-state index in [4.69, 9.17) is 14.2 Å². The van der Waals surface area contributed by atoms with E-state index in [0.29, 0.717) is 23.7 Å². The molecular formula is C17H24O4. The molecule has 1 spiro atoms. The first-order valence-electron chi connectivity index (χ1n) is 7.77. The van der Waals surface area contributed by atoms with Gasteiger partial charge in [0.15, 0.2) is 11.5 Å². The summed E-state index contributed by atoms with van der Waals surface area (Å²) >= 11 is 0. The van der Waals surface area contributed by atoms with Gasteiger partial charge in [0, 0.05) is 11.8 Å². The average molecular weight is 292 g/mol. The Kier molecular flexibility index (Phi) is 3.98. The van der Waals surface area contributed by atoms with Crippen molar-refractivity contribution in [2.75, 3.05) is 14.2 Å². The molecule has 0 heterocycles. The Morgan fingerprint density at radius 3 is 2.19 bits per heavy atom. The number of methoxy groups -OCH3 is 2. The van der Waals surface area contributed by atoms with Crippen LogP contribution in [-0.4, -0.2) is 31.5 Å². The highest BCUT2D eigenvalue weighted by Crippen LogP contribution is 2.54. The fraction of sp³-hybridized carbons (Fsp3) is 0.647. The molecule has 2 aliphatic rings. The largest absolute Gasteiger partial charge is 0.493 e. The molecular weight excluding hydrogens is 268 g/mol. The molecule has 3 rings (SSSR count). The molecule has 2 fully saturated rings. The molecule has 2 unspecified atom stereocenters. The van der Waals surface area contributed by atoms with Gasteiger partial charge in [0.1, 0.15) is 6.10 Å². The summed E-state index contributed by atoms with van der Waals surface area (Å²) < 4.78 is 17.0. The second-order valence-corrected chi connectivity index (χ2v) is 6.14. The summed E-state index contributed by atoms with van der Waals surface area (Å²) in [5.74, 6) is 2.02. The Morgan fingerprint density at radius 2 is 1.67 bits per heavy atom. The van der Waals surface area contributed by atoms with E-state index in [1.54, 1.807) is 14.2 Å². The molecule has 2 atom stereocenters.